The van der Waals surface area contributed by atoms with Gasteiger partial charge in [0.05, 0.1) is 12.1 Å². The predicted octanol–water partition coefficient (Wildman–Crippen LogP) is 3.10. The molecule has 4 heteroatoms. The Bertz CT molecular complexity index is 766. The lowest BCUT2D eigenvalue weighted by Crippen LogP contribution is -2.01. The highest BCUT2D eigenvalue weighted by molar-refractivity contribution is 5.84. The highest BCUT2D eigenvalue weighted by Crippen LogP contribution is 2.18. The Morgan fingerprint density at radius 1 is 1.11 bits per heavy atom. The van der Waals surface area contributed by atoms with Crippen LogP contribution in [0.25, 0.3) is 10.9 Å². The van der Waals surface area contributed by atoms with Crippen molar-refractivity contribution in [3.63, 3.8) is 0 Å². The largest absolute Gasteiger partial charge is 0.259 e. The number of nitriles is 1. The third-order valence-corrected chi connectivity index (χ3v) is 3.01. The van der Waals surface area contributed by atoms with Crippen molar-refractivity contribution in [2.75, 3.05) is 0 Å². The monoisotopic (exact) mass is 251 g/mol. The van der Waals surface area contributed by atoms with Crippen molar-refractivity contribution in [2.45, 2.75) is 6.54 Å². The van der Waals surface area contributed by atoms with Crippen LogP contribution in [0.2, 0.25) is 0 Å². The minimum Gasteiger partial charge on any atom is -0.259 e. The van der Waals surface area contributed by atoms with Gasteiger partial charge in [0.2, 0.25) is 0 Å². The Morgan fingerprint density at radius 3 is 2.58 bits per heavy atom. The minimum atomic E-state index is -0.258. The molecular formula is C15H10FN3. The summed E-state index contributed by atoms with van der Waals surface area (Å²) in [6, 6.07) is 16.0. The maximum absolute atomic E-state index is 12.9. The van der Waals surface area contributed by atoms with Crippen LogP contribution >= 0.6 is 0 Å². The Morgan fingerprint density at radius 2 is 1.84 bits per heavy atom. The second kappa shape index (κ2) is 4.54. The van der Waals surface area contributed by atoms with Crippen LogP contribution in [0.15, 0.2) is 48.5 Å². The Labute approximate surface area is 109 Å². The van der Waals surface area contributed by atoms with E-state index in [9.17, 15) is 4.39 Å². The standard InChI is InChI=1S/C15H10FN3/c16-12-7-5-11(6-8-12)10-19-15-4-2-1-3-13(15)14(9-17)18-19/h1-8H,10H2. The van der Waals surface area contributed by atoms with Gasteiger partial charge in [-0.05, 0) is 29.8 Å². The van der Waals surface area contributed by atoms with Gasteiger partial charge < -0.3 is 0 Å². The van der Waals surface area contributed by atoms with Gasteiger partial charge in [-0.3, -0.25) is 4.68 Å². The highest BCUT2D eigenvalue weighted by Gasteiger charge is 2.09. The van der Waals surface area contributed by atoms with Crippen molar-refractivity contribution in [2.24, 2.45) is 0 Å². The van der Waals surface area contributed by atoms with Crippen molar-refractivity contribution in [1.82, 2.24) is 9.78 Å². The van der Waals surface area contributed by atoms with Gasteiger partial charge in [0, 0.05) is 5.39 Å². The van der Waals surface area contributed by atoms with Gasteiger partial charge in [-0.15, -0.1) is 0 Å². The third kappa shape index (κ3) is 2.06. The van der Waals surface area contributed by atoms with Crippen LogP contribution in [0.5, 0.6) is 0 Å². The van der Waals surface area contributed by atoms with Gasteiger partial charge >= 0.3 is 0 Å². The van der Waals surface area contributed by atoms with Crippen LogP contribution in [0.4, 0.5) is 4.39 Å². The number of aromatic nitrogens is 2. The second-order valence-electron chi connectivity index (χ2n) is 4.26. The maximum atomic E-state index is 12.9. The predicted molar refractivity (Wildman–Crippen MR) is 70.0 cm³/mol. The highest BCUT2D eigenvalue weighted by atomic mass is 19.1. The fourth-order valence-corrected chi connectivity index (χ4v) is 2.09. The quantitative estimate of drug-likeness (QED) is 0.702. The van der Waals surface area contributed by atoms with Crippen molar-refractivity contribution in [3.8, 4) is 6.07 Å². The zero-order valence-corrected chi connectivity index (χ0v) is 10.0. The van der Waals surface area contributed by atoms with E-state index >= 15 is 0 Å². The van der Waals surface area contributed by atoms with Crippen molar-refractivity contribution < 1.29 is 4.39 Å². The first-order chi connectivity index (χ1) is 9.28. The molecule has 0 atom stereocenters. The average Bonchev–Trinajstić information content (AvgIpc) is 2.80. The summed E-state index contributed by atoms with van der Waals surface area (Å²) in [6.45, 7) is 0.516. The van der Waals surface area contributed by atoms with Gasteiger partial charge in [-0.25, -0.2) is 4.39 Å². The summed E-state index contributed by atoms with van der Waals surface area (Å²) in [4.78, 5) is 0. The molecule has 92 valence electrons. The minimum absolute atomic E-state index is 0.258. The van der Waals surface area contributed by atoms with Crippen LogP contribution in [0, 0.1) is 17.1 Å². The van der Waals surface area contributed by atoms with Gasteiger partial charge in [0.25, 0.3) is 0 Å². The molecule has 0 unspecified atom stereocenters. The Balaban J connectivity index is 2.06. The Hall–Kier alpha value is -2.67. The van der Waals surface area contributed by atoms with Crippen molar-refractivity contribution >= 4 is 10.9 Å². The Kier molecular flexibility index (Phi) is 2.73. The normalized spacial score (nSPS) is 10.5. The molecule has 3 nitrogen and oxygen atoms in total. The lowest BCUT2D eigenvalue weighted by Gasteiger charge is -2.03. The SMILES string of the molecule is N#Cc1nn(Cc2ccc(F)cc2)c2ccccc12. The van der Waals surface area contributed by atoms with E-state index in [0.29, 0.717) is 12.2 Å². The number of fused-ring (bicyclic) bond motifs is 1. The van der Waals surface area contributed by atoms with E-state index in [-0.39, 0.29) is 5.82 Å². The molecular weight excluding hydrogens is 241 g/mol. The fraction of sp³-hybridized carbons (Fsp3) is 0.0667. The average molecular weight is 251 g/mol. The van der Waals surface area contributed by atoms with E-state index in [0.717, 1.165) is 16.5 Å². The van der Waals surface area contributed by atoms with Gasteiger partial charge in [-0.2, -0.15) is 10.4 Å². The molecule has 0 N–H and O–H groups in total. The molecule has 0 aliphatic heterocycles. The zero-order valence-electron chi connectivity index (χ0n) is 10.0. The van der Waals surface area contributed by atoms with Crippen molar-refractivity contribution in [3.05, 3.63) is 65.6 Å². The lowest BCUT2D eigenvalue weighted by molar-refractivity contribution is 0.625. The van der Waals surface area contributed by atoms with Crippen LogP contribution in [0.3, 0.4) is 0 Å². The summed E-state index contributed by atoms with van der Waals surface area (Å²) in [5, 5.41) is 14.2. The topological polar surface area (TPSA) is 41.6 Å². The summed E-state index contributed by atoms with van der Waals surface area (Å²) in [7, 11) is 0. The van der Waals surface area contributed by atoms with Crippen LogP contribution in [0.1, 0.15) is 11.3 Å². The molecule has 0 saturated heterocycles. The molecule has 1 aromatic heterocycles. The molecule has 0 amide bonds. The van der Waals surface area contributed by atoms with Gasteiger partial charge in [0.1, 0.15) is 11.9 Å². The first-order valence-corrected chi connectivity index (χ1v) is 5.88. The molecule has 2 aromatic carbocycles. The number of benzene rings is 2. The molecule has 1 heterocycles. The number of nitrogens with zero attached hydrogens (tertiary/aromatic N) is 3. The van der Waals surface area contributed by atoms with Crippen LogP contribution in [-0.4, -0.2) is 9.78 Å². The first-order valence-electron chi connectivity index (χ1n) is 5.88. The molecule has 0 aliphatic rings. The van der Waals surface area contributed by atoms with Crippen LogP contribution < -0.4 is 0 Å². The first kappa shape index (κ1) is 11.4. The summed E-state index contributed by atoms with van der Waals surface area (Å²) in [5.74, 6) is -0.258. The van der Waals surface area contributed by atoms with E-state index in [4.69, 9.17) is 5.26 Å². The lowest BCUT2D eigenvalue weighted by atomic mass is 10.2. The number of hydrogen-bond acceptors (Lipinski definition) is 2. The van der Waals surface area contributed by atoms with E-state index in [1.165, 1.54) is 12.1 Å². The molecule has 3 aromatic rings. The number of rotatable bonds is 2. The zero-order chi connectivity index (χ0) is 13.2. The summed E-state index contributed by atoms with van der Waals surface area (Å²) in [6.07, 6.45) is 0. The second-order valence-corrected chi connectivity index (χ2v) is 4.26. The summed E-state index contributed by atoms with van der Waals surface area (Å²) in [5.41, 5.74) is 2.26. The molecule has 0 saturated carbocycles. The maximum Gasteiger partial charge on any atom is 0.170 e. The van der Waals surface area contributed by atoms with Crippen LogP contribution in [-0.2, 0) is 6.54 Å². The van der Waals surface area contributed by atoms with E-state index in [2.05, 4.69) is 11.2 Å². The van der Waals surface area contributed by atoms with E-state index in [1.54, 1.807) is 16.8 Å². The van der Waals surface area contributed by atoms with Gasteiger partial charge in [-0.1, -0.05) is 24.3 Å². The molecule has 0 spiro atoms. The number of halogens is 1. The molecule has 0 fully saturated rings. The molecule has 0 aliphatic carbocycles. The molecule has 19 heavy (non-hydrogen) atoms. The van der Waals surface area contributed by atoms with Crippen molar-refractivity contribution in [1.29, 1.82) is 5.26 Å². The number of hydrogen-bond donors (Lipinski definition) is 0. The third-order valence-electron chi connectivity index (χ3n) is 3.01. The summed E-state index contributed by atoms with van der Waals surface area (Å²) < 4.78 is 14.6. The smallest absolute Gasteiger partial charge is 0.170 e. The van der Waals surface area contributed by atoms with E-state index < -0.39 is 0 Å². The fourth-order valence-electron chi connectivity index (χ4n) is 2.09. The number of para-hydroxylation sites is 1. The molecule has 0 bridgehead atoms. The molecule has 3 rings (SSSR count). The summed E-state index contributed by atoms with van der Waals surface area (Å²) >= 11 is 0. The molecule has 0 radical (unpaired) electrons. The van der Waals surface area contributed by atoms with E-state index in [1.807, 2.05) is 24.3 Å². The van der Waals surface area contributed by atoms with Gasteiger partial charge in [0.15, 0.2) is 5.69 Å².